The molecule has 0 bridgehead atoms. The summed E-state index contributed by atoms with van der Waals surface area (Å²) in [6, 6.07) is 0.0175. The van der Waals surface area contributed by atoms with Gasteiger partial charge in [-0.15, -0.1) is 0 Å². The molecule has 5 nitrogen and oxygen atoms in total. The van der Waals surface area contributed by atoms with Crippen LogP contribution in [0.2, 0.25) is 0 Å². The molecule has 2 rings (SSSR count). The van der Waals surface area contributed by atoms with Gasteiger partial charge in [-0.3, -0.25) is 0 Å². The Bertz CT molecular complexity index is 346. The SMILES string of the molecule is O[C@@H]1CCC(Nc2ncc(F)cn2)C[C@@H]1O. The predicted octanol–water partition coefficient (Wildman–Crippen LogP) is 0.302. The fraction of sp³-hybridized carbons (Fsp3) is 0.600. The summed E-state index contributed by atoms with van der Waals surface area (Å²) >= 11 is 0. The van der Waals surface area contributed by atoms with E-state index in [2.05, 4.69) is 15.3 Å². The number of hydrogen-bond acceptors (Lipinski definition) is 5. The predicted molar refractivity (Wildman–Crippen MR) is 55.3 cm³/mol. The summed E-state index contributed by atoms with van der Waals surface area (Å²) in [6.45, 7) is 0. The maximum Gasteiger partial charge on any atom is 0.222 e. The molecule has 1 heterocycles. The molecule has 0 aromatic carbocycles. The first-order chi connectivity index (χ1) is 7.65. The topological polar surface area (TPSA) is 78.3 Å². The number of aromatic nitrogens is 2. The molecule has 6 heteroatoms. The first-order valence-corrected chi connectivity index (χ1v) is 5.25. The number of aliphatic hydroxyl groups excluding tert-OH is 2. The third-order valence-corrected chi connectivity index (χ3v) is 2.73. The molecular formula is C10H14FN3O2. The minimum Gasteiger partial charge on any atom is -0.390 e. The second-order valence-corrected chi connectivity index (χ2v) is 4.01. The minimum atomic E-state index is -0.716. The van der Waals surface area contributed by atoms with Crippen LogP contribution >= 0.6 is 0 Å². The van der Waals surface area contributed by atoms with Crippen molar-refractivity contribution in [2.24, 2.45) is 0 Å². The van der Waals surface area contributed by atoms with E-state index in [1.165, 1.54) is 0 Å². The van der Waals surface area contributed by atoms with Gasteiger partial charge in [-0.1, -0.05) is 0 Å². The van der Waals surface area contributed by atoms with E-state index in [1.807, 2.05) is 0 Å². The van der Waals surface area contributed by atoms with Crippen molar-refractivity contribution in [3.63, 3.8) is 0 Å². The third-order valence-electron chi connectivity index (χ3n) is 2.73. The van der Waals surface area contributed by atoms with Crippen LogP contribution in [0.1, 0.15) is 19.3 Å². The van der Waals surface area contributed by atoms with E-state index in [0.29, 0.717) is 18.8 Å². The third kappa shape index (κ3) is 2.65. The van der Waals surface area contributed by atoms with Gasteiger partial charge in [-0.2, -0.15) is 0 Å². The largest absolute Gasteiger partial charge is 0.390 e. The molecule has 88 valence electrons. The van der Waals surface area contributed by atoms with E-state index in [9.17, 15) is 14.6 Å². The molecule has 0 radical (unpaired) electrons. The number of nitrogens with zero attached hydrogens (tertiary/aromatic N) is 2. The number of hydrogen-bond donors (Lipinski definition) is 3. The summed E-state index contributed by atoms with van der Waals surface area (Å²) in [4.78, 5) is 7.55. The van der Waals surface area contributed by atoms with Crippen LogP contribution in [0, 0.1) is 5.82 Å². The number of halogens is 1. The Kier molecular flexibility index (Phi) is 3.31. The Morgan fingerprint density at radius 3 is 2.50 bits per heavy atom. The van der Waals surface area contributed by atoms with Crippen molar-refractivity contribution in [1.29, 1.82) is 0 Å². The van der Waals surface area contributed by atoms with Gasteiger partial charge in [0.1, 0.15) is 0 Å². The Hall–Kier alpha value is -1.27. The molecule has 1 unspecified atom stereocenters. The number of rotatable bonds is 2. The summed E-state index contributed by atoms with van der Waals surface area (Å²) in [7, 11) is 0. The van der Waals surface area contributed by atoms with Crippen LogP contribution < -0.4 is 5.32 Å². The Morgan fingerprint density at radius 1 is 1.19 bits per heavy atom. The molecule has 3 N–H and O–H groups in total. The van der Waals surface area contributed by atoms with Crippen LogP contribution in [-0.2, 0) is 0 Å². The molecule has 1 aromatic heterocycles. The molecule has 0 saturated heterocycles. The van der Waals surface area contributed by atoms with E-state index in [4.69, 9.17) is 0 Å². The zero-order valence-corrected chi connectivity index (χ0v) is 8.67. The maximum atomic E-state index is 12.6. The van der Waals surface area contributed by atoms with Gasteiger partial charge in [-0.05, 0) is 19.3 Å². The molecule has 1 aliphatic rings. The quantitative estimate of drug-likeness (QED) is 0.677. The summed E-state index contributed by atoms with van der Waals surface area (Å²) in [5.41, 5.74) is 0. The lowest BCUT2D eigenvalue weighted by Gasteiger charge is -2.30. The van der Waals surface area contributed by atoms with E-state index in [1.54, 1.807) is 0 Å². The van der Waals surface area contributed by atoms with Gasteiger partial charge in [0.15, 0.2) is 5.82 Å². The van der Waals surface area contributed by atoms with Crippen molar-refractivity contribution in [2.75, 3.05) is 5.32 Å². The summed E-state index contributed by atoms with van der Waals surface area (Å²) in [6.07, 6.45) is 2.53. The molecule has 0 amide bonds. The van der Waals surface area contributed by atoms with Gasteiger partial charge in [0.2, 0.25) is 5.95 Å². The van der Waals surface area contributed by atoms with Gasteiger partial charge in [-0.25, -0.2) is 14.4 Å². The van der Waals surface area contributed by atoms with Crippen LogP contribution in [-0.4, -0.2) is 38.4 Å². The van der Waals surface area contributed by atoms with Crippen LogP contribution in [0.15, 0.2) is 12.4 Å². The highest BCUT2D eigenvalue weighted by atomic mass is 19.1. The van der Waals surface area contributed by atoms with E-state index in [0.717, 1.165) is 18.8 Å². The number of nitrogens with one attached hydrogen (secondary N) is 1. The highest BCUT2D eigenvalue weighted by molar-refractivity contribution is 5.24. The summed E-state index contributed by atoms with van der Waals surface area (Å²) in [5.74, 6) is -0.139. The van der Waals surface area contributed by atoms with Gasteiger partial charge in [0, 0.05) is 6.04 Å². The first-order valence-electron chi connectivity index (χ1n) is 5.25. The van der Waals surface area contributed by atoms with Crippen LogP contribution in [0.5, 0.6) is 0 Å². The summed E-state index contributed by atoms with van der Waals surface area (Å²) in [5, 5.41) is 21.8. The standard InChI is InChI=1S/C10H14FN3O2/c11-6-4-12-10(13-5-6)14-7-1-2-8(15)9(16)3-7/h4-5,7-9,15-16H,1-3H2,(H,12,13,14)/t7?,8-,9+/m1/s1. The van der Waals surface area contributed by atoms with Crippen molar-refractivity contribution in [3.05, 3.63) is 18.2 Å². The average Bonchev–Trinajstić information content (AvgIpc) is 2.27. The lowest BCUT2D eigenvalue weighted by molar-refractivity contribution is -0.0120. The van der Waals surface area contributed by atoms with E-state index >= 15 is 0 Å². The Labute approximate surface area is 92.4 Å². The van der Waals surface area contributed by atoms with Gasteiger partial charge in [0.25, 0.3) is 0 Å². The number of aliphatic hydroxyl groups is 2. The van der Waals surface area contributed by atoms with Crippen molar-refractivity contribution < 1.29 is 14.6 Å². The van der Waals surface area contributed by atoms with Gasteiger partial charge in [0.05, 0.1) is 24.6 Å². The van der Waals surface area contributed by atoms with Crippen molar-refractivity contribution in [1.82, 2.24) is 9.97 Å². The number of anilines is 1. The molecular weight excluding hydrogens is 213 g/mol. The van der Waals surface area contributed by atoms with Crippen molar-refractivity contribution in [2.45, 2.75) is 37.5 Å². The monoisotopic (exact) mass is 227 g/mol. The highest BCUT2D eigenvalue weighted by Crippen LogP contribution is 2.21. The first kappa shape index (κ1) is 11.2. The second-order valence-electron chi connectivity index (χ2n) is 4.01. The fourth-order valence-electron chi connectivity index (χ4n) is 1.83. The normalized spacial score (nSPS) is 30.1. The Balaban J connectivity index is 1.93. The average molecular weight is 227 g/mol. The van der Waals surface area contributed by atoms with Crippen molar-refractivity contribution >= 4 is 5.95 Å². The van der Waals surface area contributed by atoms with Gasteiger partial charge < -0.3 is 15.5 Å². The molecule has 16 heavy (non-hydrogen) atoms. The van der Waals surface area contributed by atoms with Crippen LogP contribution in [0.4, 0.5) is 10.3 Å². The molecule has 1 aliphatic carbocycles. The molecule has 1 fully saturated rings. The molecule has 3 atom stereocenters. The van der Waals surface area contributed by atoms with Gasteiger partial charge >= 0.3 is 0 Å². The lowest BCUT2D eigenvalue weighted by atomic mass is 9.91. The molecule has 0 aliphatic heterocycles. The summed E-state index contributed by atoms with van der Waals surface area (Å²) < 4.78 is 12.6. The lowest BCUT2D eigenvalue weighted by Crippen LogP contribution is -2.39. The van der Waals surface area contributed by atoms with Crippen LogP contribution in [0.3, 0.4) is 0 Å². The fourth-order valence-corrected chi connectivity index (χ4v) is 1.83. The smallest absolute Gasteiger partial charge is 0.222 e. The zero-order chi connectivity index (χ0) is 11.5. The molecule has 1 aromatic rings. The Morgan fingerprint density at radius 2 is 1.88 bits per heavy atom. The van der Waals surface area contributed by atoms with E-state index in [-0.39, 0.29) is 6.04 Å². The maximum absolute atomic E-state index is 12.6. The molecule has 1 saturated carbocycles. The second kappa shape index (κ2) is 4.71. The minimum absolute atomic E-state index is 0.0175. The van der Waals surface area contributed by atoms with E-state index < -0.39 is 18.0 Å². The molecule has 0 spiro atoms. The highest BCUT2D eigenvalue weighted by Gasteiger charge is 2.27. The van der Waals surface area contributed by atoms with Crippen LogP contribution in [0.25, 0.3) is 0 Å². The van der Waals surface area contributed by atoms with Crippen molar-refractivity contribution in [3.8, 4) is 0 Å². The zero-order valence-electron chi connectivity index (χ0n) is 8.67.